The van der Waals surface area contributed by atoms with Crippen LogP contribution in [0.2, 0.25) is 0 Å². The lowest BCUT2D eigenvalue weighted by atomic mass is 9.82. The van der Waals surface area contributed by atoms with E-state index in [-0.39, 0.29) is 0 Å². The summed E-state index contributed by atoms with van der Waals surface area (Å²) in [6, 6.07) is 0. The molecule has 1 aliphatic carbocycles. The maximum atomic E-state index is 5.60. The fourth-order valence-electron chi connectivity index (χ4n) is 1.84. The largest absolute Gasteiger partial charge is 0.502 e. The van der Waals surface area contributed by atoms with Crippen molar-refractivity contribution in [2.24, 2.45) is 17.6 Å². The molecule has 0 aromatic heterocycles. The van der Waals surface area contributed by atoms with Gasteiger partial charge < -0.3 is 10.5 Å². The van der Waals surface area contributed by atoms with Crippen LogP contribution in [0, 0.1) is 11.8 Å². The van der Waals surface area contributed by atoms with Crippen LogP contribution in [0.1, 0.15) is 25.7 Å². The first-order chi connectivity index (χ1) is 5.86. The summed E-state index contributed by atoms with van der Waals surface area (Å²) < 4.78 is 5.17. The van der Waals surface area contributed by atoms with E-state index in [1.54, 1.807) is 0 Å². The van der Waals surface area contributed by atoms with Crippen LogP contribution in [0.15, 0.2) is 12.8 Å². The SMILES string of the molecule is C=COCC1CCC(CN)CC1. The standard InChI is InChI=1S/C10H19NO/c1-2-12-8-10-5-3-9(7-11)4-6-10/h2,9-10H,1,3-8,11H2. The van der Waals surface area contributed by atoms with Crippen molar-refractivity contribution in [3.63, 3.8) is 0 Å². The van der Waals surface area contributed by atoms with Crippen molar-refractivity contribution < 1.29 is 4.74 Å². The van der Waals surface area contributed by atoms with E-state index in [9.17, 15) is 0 Å². The number of hydrogen-bond donors (Lipinski definition) is 1. The molecule has 2 N–H and O–H groups in total. The second kappa shape index (κ2) is 5.20. The maximum absolute atomic E-state index is 5.60. The summed E-state index contributed by atoms with van der Waals surface area (Å²) in [4.78, 5) is 0. The molecule has 0 aromatic rings. The highest BCUT2D eigenvalue weighted by molar-refractivity contribution is 4.73. The Balaban J connectivity index is 2.12. The van der Waals surface area contributed by atoms with Gasteiger partial charge in [0.15, 0.2) is 0 Å². The van der Waals surface area contributed by atoms with Gasteiger partial charge in [-0.3, -0.25) is 0 Å². The summed E-state index contributed by atoms with van der Waals surface area (Å²) in [7, 11) is 0. The van der Waals surface area contributed by atoms with Crippen LogP contribution in [0.3, 0.4) is 0 Å². The van der Waals surface area contributed by atoms with E-state index < -0.39 is 0 Å². The van der Waals surface area contributed by atoms with Gasteiger partial charge in [-0.1, -0.05) is 6.58 Å². The molecule has 0 saturated heterocycles. The topological polar surface area (TPSA) is 35.2 Å². The minimum absolute atomic E-state index is 0.741. The molecule has 2 heteroatoms. The zero-order valence-electron chi connectivity index (χ0n) is 7.67. The first-order valence-corrected chi connectivity index (χ1v) is 4.79. The van der Waals surface area contributed by atoms with Gasteiger partial charge in [0, 0.05) is 0 Å². The molecule has 0 aromatic carbocycles. The van der Waals surface area contributed by atoms with Crippen molar-refractivity contribution in [2.75, 3.05) is 13.2 Å². The molecule has 0 unspecified atom stereocenters. The molecule has 0 heterocycles. The predicted molar refractivity (Wildman–Crippen MR) is 50.7 cm³/mol. The molecule has 1 fully saturated rings. The van der Waals surface area contributed by atoms with Crippen LogP contribution in [0.4, 0.5) is 0 Å². The number of nitrogens with two attached hydrogens (primary N) is 1. The van der Waals surface area contributed by atoms with Gasteiger partial charge in [0.1, 0.15) is 0 Å². The molecule has 0 amide bonds. The summed E-state index contributed by atoms with van der Waals surface area (Å²) in [6.45, 7) is 5.24. The van der Waals surface area contributed by atoms with E-state index in [1.165, 1.54) is 31.9 Å². The van der Waals surface area contributed by atoms with E-state index in [0.717, 1.165) is 25.0 Å². The van der Waals surface area contributed by atoms with Crippen molar-refractivity contribution in [3.05, 3.63) is 12.8 Å². The maximum Gasteiger partial charge on any atom is 0.0901 e. The molecular weight excluding hydrogens is 150 g/mol. The summed E-state index contributed by atoms with van der Waals surface area (Å²) >= 11 is 0. The van der Waals surface area contributed by atoms with E-state index >= 15 is 0 Å². The highest BCUT2D eigenvalue weighted by Crippen LogP contribution is 2.28. The fraction of sp³-hybridized carbons (Fsp3) is 0.800. The molecule has 2 nitrogen and oxygen atoms in total. The van der Waals surface area contributed by atoms with Crippen molar-refractivity contribution >= 4 is 0 Å². The Morgan fingerprint density at radius 3 is 2.33 bits per heavy atom. The van der Waals surface area contributed by atoms with Gasteiger partial charge >= 0.3 is 0 Å². The van der Waals surface area contributed by atoms with Gasteiger partial charge in [0.05, 0.1) is 12.9 Å². The molecule has 0 radical (unpaired) electrons. The minimum atomic E-state index is 0.741. The molecule has 70 valence electrons. The van der Waals surface area contributed by atoms with Crippen molar-refractivity contribution in [1.29, 1.82) is 0 Å². The Bertz CT molecular complexity index is 128. The van der Waals surface area contributed by atoms with Crippen molar-refractivity contribution in [3.8, 4) is 0 Å². The van der Waals surface area contributed by atoms with Crippen molar-refractivity contribution in [2.45, 2.75) is 25.7 Å². The minimum Gasteiger partial charge on any atom is -0.502 e. The molecular formula is C10H19NO. The lowest BCUT2D eigenvalue weighted by Gasteiger charge is -2.26. The average Bonchev–Trinajstić information content (AvgIpc) is 2.15. The Labute approximate surface area is 74.8 Å². The second-order valence-electron chi connectivity index (χ2n) is 3.62. The first kappa shape index (κ1) is 9.59. The Kier molecular flexibility index (Phi) is 4.15. The van der Waals surface area contributed by atoms with Gasteiger partial charge in [-0.2, -0.15) is 0 Å². The summed E-state index contributed by atoms with van der Waals surface area (Å²) in [6.07, 6.45) is 6.64. The third-order valence-electron chi connectivity index (χ3n) is 2.75. The number of hydrogen-bond acceptors (Lipinski definition) is 2. The average molecular weight is 169 g/mol. The normalized spacial score (nSPS) is 29.8. The first-order valence-electron chi connectivity index (χ1n) is 4.79. The smallest absolute Gasteiger partial charge is 0.0901 e. The van der Waals surface area contributed by atoms with Crippen LogP contribution >= 0.6 is 0 Å². The fourth-order valence-corrected chi connectivity index (χ4v) is 1.84. The Morgan fingerprint density at radius 1 is 1.25 bits per heavy atom. The van der Waals surface area contributed by atoms with Crippen LogP contribution in [0.25, 0.3) is 0 Å². The Morgan fingerprint density at radius 2 is 1.83 bits per heavy atom. The van der Waals surface area contributed by atoms with Gasteiger partial charge in [-0.15, -0.1) is 0 Å². The van der Waals surface area contributed by atoms with Gasteiger partial charge in [0.25, 0.3) is 0 Å². The molecule has 0 bridgehead atoms. The summed E-state index contributed by atoms with van der Waals surface area (Å²) in [5.41, 5.74) is 5.60. The quantitative estimate of drug-likeness (QED) is 0.652. The summed E-state index contributed by atoms with van der Waals surface area (Å²) in [5, 5.41) is 0. The van der Waals surface area contributed by atoms with Gasteiger partial charge in [-0.05, 0) is 44.1 Å². The third-order valence-corrected chi connectivity index (χ3v) is 2.75. The lowest BCUT2D eigenvalue weighted by molar-refractivity contribution is 0.150. The van der Waals surface area contributed by atoms with E-state index in [0.29, 0.717) is 0 Å². The number of rotatable bonds is 4. The van der Waals surface area contributed by atoms with Crippen LogP contribution in [-0.4, -0.2) is 13.2 Å². The Hall–Kier alpha value is -0.500. The highest BCUT2D eigenvalue weighted by Gasteiger charge is 2.19. The monoisotopic (exact) mass is 169 g/mol. The third kappa shape index (κ3) is 2.86. The molecule has 0 atom stereocenters. The van der Waals surface area contributed by atoms with Gasteiger partial charge in [0.2, 0.25) is 0 Å². The van der Waals surface area contributed by atoms with Crippen LogP contribution < -0.4 is 5.73 Å². The molecule has 12 heavy (non-hydrogen) atoms. The lowest BCUT2D eigenvalue weighted by Crippen LogP contribution is -2.23. The zero-order valence-corrected chi connectivity index (χ0v) is 7.67. The van der Waals surface area contributed by atoms with E-state index in [2.05, 4.69) is 6.58 Å². The molecule has 0 aliphatic heterocycles. The molecule has 1 rings (SSSR count). The van der Waals surface area contributed by atoms with Crippen LogP contribution in [0.5, 0.6) is 0 Å². The van der Waals surface area contributed by atoms with Crippen LogP contribution in [-0.2, 0) is 4.74 Å². The van der Waals surface area contributed by atoms with E-state index in [1.807, 2.05) is 0 Å². The second-order valence-corrected chi connectivity index (χ2v) is 3.62. The van der Waals surface area contributed by atoms with E-state index in [4.69, 9.17) is 10.5 Å². The van der Waals surface area contributed by atoms with Crippen molar-refractivity contribution in [1.82, 2.24) is 0 Å². The molecule has 1 saturated carbocycles. The predicted octanol–water partition coefficient (Wildman–Crippen LogP) is 1.91. The molecule has 0 spiro atoms. The van der Waals surface area contributed by atoms with Gasteiger partial charge in [-0.25, -0.2) is 0 Å². The zero-order chi connectivity index (χ0) is 8.81. The number of ether oxygens (including phenoxy) is 1. The summed E-state index contributed by atoms with van der Waals surface area (Å²) in [5.74, 6) is 1.51. The molecule has 1 aliphatic rings. The highest BCUT2D eigenvalue weighted by atomic mass is 16.5.